The van der Waals surface area contributed by atoms with Crippen LogP contribution in [-0.2, 0) is 11.3 Å². The molecule has 2 aromatic rings. The van der Waals surface area contributed by atoms with Crippen LogP contribution in [0.25, 0.3) is 6.08 Å². The van der Waals surface area contributed by atoms with Gasteiger partial charge in [0.25, 0.3) is 11.1 Å². The van der Waals surface area contributed by atoms with Gasteiger partial charge in [-0.05, 0) is 47.2 Å². The molecule has 0 radical (unpaired) electrons. The van der Waals surface area contributed by atoms with E-state index >= 15 is 0 Å². The molecule has 1 aliphatic rings. The molecular formula is C18H14ClNO3S. The number of hydrogen-bond donors (Lipinski definition) is 0. The largest absolute Gasteiger partial charge is 0.497 e. The first-order valence-corrected chi connectivity index (χ1v) is 8.41. The lowest BCUT2D eigenvalue weighted by Gasteiger charge is -2.13. The normalized spacial score (nSPS) is 16.1. The molecule has 6 heteroatoms. The number of hydrogen-bond acceptors (Lipinski definition) is 4. The maximum atomic E-state index is 12.5. The zero-order valence-electron chi connectivity index (χ0n) is 12.9. The molecule has 0 spiro atoms. The van der Waals surface area contributed by atoms with Crippen LogP contribution in [0.3, 0.4) is 0 Å². The number of halogens is 1. The fourth-order valence-corrected chi connectivity index (χ4v) is 3.35. The van der Waals surface area contributed by atoms with E-state index in [2.05, 4.69) is 0 Å². The summed E-state index contributed by atoms with van der Waals surface area (Å²) in [6.07, 6.45) is 1.69. The average molecular weight is 360 g/mol. The van der Waals surface area contributed by atoms with Crippen LogP contribution >= 0.6 is 23.4 Å². The minimum atomic E-state index is -0.312. The van der Waals surface area contributed by atoms with Crippen LogP contribution in [0.2, 0.25) is 5.02 Å². The van der Waals surface area contributed by atoms with Crippen molar-refractivity contribution in [2.45, 2.75) is 6.54 Å². The van der Waals surface area contributed by atoms with Crippen molar-refractivity contribution in [1.29, 1.82) is 0 Å². The van der Waals surface area contributed by atoms with Gasteiger partial charge in [-0.15, -0.1) is 0 Å². The molecule has 0 saturated carbocycles. The van der Waals surface area contributed by atoms with Crippen LogP contribution in [0, 0.1) is 0 Å². The predicted octanol–water partition coefficient (Wildman–Crippen LogP) is 4.59. The standard InChI is InChI=1S/C18H14ClNO3S/c1-23-14-7-4-5-12(9-14)10-16-17(21)20(18(22)24-16)11-13-6-2-3-8-15(13)19/h2-10H,11H2,1H3/b16-10+. The van der Waals surface area contributed by atoms with Gasteiger partial charge in [0.15, 0.2) is 0 Å². The Kier molecular flexibility index (Phi) is 4.92. The molecule has 1 fully saturated rings. The van der Waals surface area contributed by atoms with Gasteiger partial charge in [0.05, 0.1) is 18.6 Å². The Hall–Kier alpha value is -2.24. The van der Waals surface area contributed by atoms with Gasteiger partial charge in [-0.3, -0.25) is 14.5 Å². The Morgan fingerprint density at radius 3 is 2.71 bits per heavy atom. The van der Waals surface area contributed by atoms with Gasteiger partial charge in [-0.1, -0.05) is 41.9 Å². The lowest BCUT2D eigenvalue weighted by molar-refractivity contribution is -0.123. The first-order chi connectivity index (χ1) is 11.6. The minimum Gasteiger partial charge on any atom is -0.497 e. The summed E-state index contributed by atoms with van der Waals surface area (Å²) in [7, 11) is 1.58. The summed E-state index contributed by atoms with van der Waals surface area (Å²) in [6.45, 7) is 0.166. The summed E-state index contributed by atoms with van der Waals surface area (Å²) >= 11 is 7.04. The van der Waals surface area contributed by atoms with E-state index in [1.54, 1.807) is 25.3 Å². The molecule has 0 atom stereocenters. The summed E-state index contributed by atoms with van der Waals surface area (Å²) in [4.78, 5) is 26.3. The van der Waals surface area contributed by atoms with Crippen molar-refractivity contribution in [3.8, 4) is 5.75 Å². The number of ether oxygens (including phenoxy) is 1. The van der Waals surface area contributed by atoms with Crippen molar-refractivity contribution >= 4 is 40.6 Å². The van der Waals surface area contributed by atoms with E-state index in [0.717, 1.165) is 22.9 Å². The monoisotopic (exact) mass is 359 g/mol. The molecule has 0 unspecified atom stereocenters. The number of nitrogens with zero attached hydrogens (tertiary/aromatic N) is 1. The molecule has 1 aliphatic heterocycles. The first-order valence-electron chi connectivity index (χ1n) is 7.21. The average Bonchev–Trinajstić information content (AvgIpc) is 2.84. The molecule has 2 aromatic carbocycles. The number of carbonyl (C=O) groups is 2. The SMILES string of the molecule is COc1cccc(/C=C2/SC(=O)N(Cc3ccccc3Cl)C2=O)c1. The highest BCUT2D eigenvalue weighted by molar-refractivity contribution is 8.18. The predicted molar refractivity (Wildman–Crippen MR) is 96.0 cm³/mol. The van der Waals surface area contributed by atoms with Gasteiger partial charge < -0.3 is 4.74 Å². The summed E-state index contributed by atoms with van der Waals surface area (Å²) in [6, 6.07) is 14.5. The second kappa shape index (κ2) is 7.11. The minimum absolute atomic E-state index is 0.166. The lowest BCUT2D eigenvalue weighted by Crippen LogP contribution is -2.27. The molecule has 1 saturated heterocycles. The van der Waals surface area contributed by atoms with E-state index in [1.807, 2.05) is 36.4 Å². The van der Waals surface area contributed by atoms with Crippen molar-refractivity contribution in [2.24, 2.45) is 0 Å². The van der Waals surface area contributed by atoms with E-state index in [4.69, 9.17) is 16.3 Å². The molecule has 0 aliphatic carbocycles. The maximum absolute atomic E-state index is 12.5. The molecule has 4 nitrogen and oxygen atoms in total. The highest BCUT2D eigenvalue weighted by Crippen LogP contribution is 2.34. The quantitative estimate of drug-likeness (QED) is 0.749. The van der Waals surface area contributed by atoms with E-state index in [1.165, 1.54) is 4.90 Å². The highest BCUT2D eigenvalue weighted by Gasteiger charge is 2.35. The van der Waals surface area contributed by atoms with Crippen molar-refractivity contribution in [3.63, 3.8) is 0 Å². The maximum Gasteiger partial charge on any atom is 0.293 e. The summed E-state index contributed by atoms with van der Waals surface area (Å²) in [5.41, 5.74) is 1.54. The fraction of sp³-hybridized carbons (Fsp3) is 0.111. The van der Waals surface area contributed by atoms with Gasteiger partial charge in [-0.25, -0.2) is 0 Å². The van der Waals surface area contributed by atoms with Gasteiger partial charge >= 0.3 is 0 Å². The van der Waals surface area contributed by atoms with Crippen molar-refractivity contribution in [1.82, 2.24) is 4.90 Å². The smallest absolute Gasteiger partial charge is 0.293 e. The van der Waals surface area contributed by atoms with Crippen LogP contribution in [0.1, 0.15) is 11.1 Å². The molecule has 0 aromatic heterocycles. The Morgan fingerprint density at radius 1 is 1.17 bits per heavy atom. The van der Waals surface area contributed by atoms with E-state index < -0.39 is 0 Å². The van der Waals surface area contributed by atoms with Crippen LogP contribution in [0.4, 0.5) is 4.79 Å². The Bertz CT molecular complexity index is 835. The second-order valence-electron chi connectivity index (χ2n) is 5.14. The fourth-order valence-electron chi connectivity index (χ4n) is 2.32. The zero-order chi connectivity index (χ0) is 17.1. The Morgan fingerprint density at radius 2 is 1.96 bits per heavy atom. The van der Waals surface area contributed by atoms with Crippen LogP contribution < -0.4 is 4.74 Å². The van der Waals surface area contributed by atoms with Crippen molar-refractivity contribution < 1.29 is 14.3 Å². The number of benzene rings is 2. The third-order valence-corrected chi connectivity index (χ3v) is 4.83. The first kappa shape index (κ1) is 16.6. The summed E-state index contributed by atoms with van der Waals surface area (Å²) in [5.74, 6) is 0.381. The van der Waals surface area contributed by atoms with Gasteiger partial charge in [0.1, 0.15) is 5.75 Å². The Balaban J connectivity index is 1.83. The topological polar surface area (TPSA) is 46.6 Å². The van der Waals surface area contributed by atoms with Crippen molar-refractivity contribution in [3.05, 3.63) is 69.6 Å². The molecule has 0 N–H and O–H groups in total. The molecule has 24 heavy (non-hydrogen) atoms. The van der Waals surface area contributed by atoms with Crippen LogP contribution in [0.5, 0.6) is 5.75 Å². The number of carbonyl (C=O) groups excluding carboxylic acids is 2. The molecule has 122 valence electrons. The second-order valence-corrected chi connectivity index (χ2v) is 6.54. The number of thioether (sulfide) groups is 1. The molecular weight excluding hydrogens is 346 g/mol. The number of rotatable bonds is 4. The number of imide groups is 1. The highest BCUT2D eigenvalue weighted by atomic mass is 35.5. The van der Waals surface area contributed by atoms with Gasteiger partial charge in [-0.2, -0.15) is 0 Å². The number of amides is 2. The molecule has 0 bridgehead atoms. The molecule has 1 heterocycles. The van der Waals surface area contributed by atoms with Crippen LogP contribution in [-0.4, -0.2) is 23.2 Å². The zero-order valence-corrected chi connectivity index (χ0v) is 14.4. The van der Waals surface area contributed by atoms with E-state index in [9.17, 15) is 9.59 Å². The van der Waals surface area contributed by atoms with Gasteiger partial charge in [0.2, 0.25) is 0 Å². The molecule has 2 amide bonds. The van der Waals surface area contributed by atoms with Crippen LogP contribution in [0.15, 0.2) is 53.4 Å². The van der Waals surface area contributed by atoms with Crippen molar-refractivity contribution in [2.75, 3.05) is 7.11 Å². The van der Waals surface area contributed by atoms with E-state index in [0.29, 0.717) is 15.7 Å². The third kappa shape index (κ3) is 3.47. The number of methoxy groups -OCH3 is 1. The lowest BCUT2D eigenvalue weighted by atomic mass is 10.2. The summed E-state index contributed by atoms with van der Waals surface area (Å²) < 4.78 is 5.17. The van der Waals surface area contributed by atoms with Gasteiger partial charge in [0, 0.05) is 5.02 Å². The summed E-state index contributed by atoms with van der Waals surface area (Å²) in [5, 5.41) is 0.238. The molecule has 3 rings (SSSR count). The van der Waals surface area contributed by atoms with E-state index in [-0.39, 0.29) is 17.7 Å². The Labute approximate surface area is 149 Å². The third-order valence-electron chi connectivity index (χ3n) is 3.55.